The quantitative estimate of drug-likeness (QED) is 0.179. The van der Waals surface area contributed by atoms with E-state index in [1.54, 1.807) is 37.3 Å². The number of amides is 3. The molecule has 0 bridgehead atoms. The fourth-order valence-electron chi connectivity index (χ4n) is 4.68. The monoisotopic (exact) mass is 616 g/mol. The second-order valence-corrected chi connectivity index (χ2v) is 10.7. The van der Waals surface area contributed by atoms with Crippen LogP contribution in [0, 0.1) is 5.92 Å². The molecule has 0 saturated carbocycles. The minimum Gasteiger partial charge on any atom is -0.465 e. The highest BCUT2D eigenvalue weighted by molar-refractivity contribution is 5.93. The van der Waals surface area contributed by atoms with Gasteiger partial charge >= 0.3 is 5.97 Å². The average molecular weight is 617 g/mol. The number of fused-ring (bicyclic) bond motifs is 1. The molecule has 3 N–H and O–H groups in total. The van der Waals surface area contributed by atoms with Gasteiger partial charge < -0.3 is 20.7 Å². The molecule has 3 amide bonds. The van der Waals surface area contributed by atoms with E-state index in [9.17, 15) is 24.0 Å². The number of carbonyl (C=O) groups is 4. The molecule has 4 aromatic rings. The zero-order chi connectivity index (χ0) is 33.2. The number of hydrogen-bond acceptors (Lipinski definition) is 8. The number of para-hydroxylation sites is 1. The lowest BCUT2D eigenvalue weighted by molar-refractivity contribution is -0.143. The van der Waals surface area contributed by atoms with Crippen molar-refractivity contribution in [1.82, 2.24) is 35.3 Å². The van der Waals surface area contributed by atoms with Crippen molar-refractivity contribution in [3.63, 3.8) is 0 Å². The SMILES string of the molecule is [2H]N(C(=O)Cn1cnc2c(cnn2-c2ccccc2)c1=O)[C@@H](Cc1ccccc1)C(=O)N[C@@H](CC(C)C)C(=O)NCC(=O)OCC. The normalized spacial score (nSPS) is 12.7. The highest BCUT2D eigenvalue weighted by Gasteiger charge is 2.28. The topological polar surface area (TPSA) is 166 Å². The molecule has 0 aliphatic carbocycles. The van der Waals surface area contributed by atoms with Gasteiger partial charge in [0, 0.05) is 6.42 Å². The summed E-state index contributed by atoms with van der Waals surface area (Å²) in [5, 5.41) is 10.1. The van der Waals surface area contributed by atoms with Crippen LogP contribution in [-0.4, -0.2) is 68.3 Å². The number of esters is 1. The molecular formula is C32H37N7O6. The van der Waals surface area contributed by atoms with E-state index in [0.717, 1.165) is 4.57 Å². The smallest absolute Gasteiger partial charge is 0.325 e. The Kier molecular flexibility index (Phi) is 10.7. The van der Waals surface area contributed by atoms with E-state index in [4.69, 9.17) is 6.15 Å². The minimum atomic E-state index is -1.35. The van der Waals surface area contributed by atoms with E-state index < -0.39 is 47.9 Å². The van der Waals surface area contributed by atoms with Gasteiger partial charge in [0.15, 0.2) is 7.06 Å². The fourth-order valence-corrected chi connectivity index (χ4v) is 4.68. The van der Waals surface area contributed by atoms with Crippen molar-refractivity contribution >= 4 is 34.7 Å². The van der Waals surface area contributed by atoms with Crippen LogP contribution < -0.4 is 21.5 Å². The van der Waals surface area contributed by atoms with Crippen molar-refractivity contribution in [2.24, 2.45) is 5.92 Å². The molecule has 45 heavy (non-hydrogen) atoms. The highest BCUT2D eigenvalue weighted by atomic mass is 16.5. The van der Waals surface area contributed by atoms with Crippen molar-refractivity contribution in [3.8, 4) is 5.69 Å². The molecule has 2 heterocycles. The first kappa shape index (κ1) is 31.1. The van der Waals surface area contributed by atoms with Crippen LogP contribution in [0.2, 0.25) is 1.41 Å². The third kappa shape index (κ3) is 8.85. The summed E-state index contributed by atoms with van der Waals surface area (Å²) < 4.78 is 16.1. The molecule has 0 aliphatic rings. The van der Waals surface area contributed by atoms with Crippen LogP contribution in [0.15, 0.2) is 78.0 Å². The van der Waals surface area contributed by atoms with E-state index >= 15 is 0 Å². The van der Waals surface area contributed by atoms with E-state index in [-0.39, 0.29) is 37.3 Å². The van der Waals surface area contributed by atoms with Crippen molar-refractivity contribution in [2.45, 2.75) is 52.2 Å². The Morgan fingerprint density at radius 3 is 2.33 bits per heavy atom. The maximum atomic E-state index is 13.7. The predicted molar refractivity (Wildman–Crippen MR) is 166 cm³/mol. The summed E-state index contributed by atoms with van der Waals surface area (Å²) in [7, 11) is 0. The Morgan fingerprint density at radius 1 is 0.978 bits per heavy atom. The van der Waals surface area contributed by atoms with E-state index in [1.807, 2.05) is 44.2 Å². The number of aromatic nitrogens is 4. The molecule has 2 atom stereocenters. The number of carbonyl (C=O) groups excluding carboxylic acids is 4. The van der Waals surface area contributed by atoms with Gasteiger partial charge in [-0.15, -0.1) is 0 Å². The molecule has 0 unspecified atom stereocenters. The highest BCUT2D eigenvalue weighted by Crippen LogP contribution is 2.13. The molecule has 0 spiro atoms. The lowest BCUT2D eigenvalue weighted by Crippen LogP contribution is -2.55. The Morgan fingerprint density at radius 2 is 1.67 bits per heavy atom. The van der Waals surface area contributed by atoms with E-state index in [2.05, 4.69) is 20.7 Å². The van der Waals surface area contributed by atoms with Crippen molar-refractivity contribution in [3.05, 3.63) is 89.1 Å². The fraction of sp³-hybridized carbons (Fsp3) is 0.344. The first-order valence-corrected chi connectivity index (χ1v) is 14.7. The van der Waals surface area contributed by atoms with E-state index in [1.165, 1.54) is 17.2 Å². The number of benzene rings is 2. The van der Waals surface area contributed by atoms with Gasteiger partial charge in [-0.2, -0.15) is 5.10 Å². The third-order valence-corrected chi connectivity index (χ3v) is 6.79. The lowest BCUT2D eigenvalue weighted by atomic mass is 10.0. The molecule has 236 valence electrons. The summed E-state index contributed by atoms with van der Waals surface area (Å²) in [6.07, 6.45) is 2.78. The Balaban J connectivity index is 1.55. The van der Waals surface area contributed by atoms with Crippen molar-refractivity contribution in [2.75, 3.05) is 13.2 Å². The van der Waals surface area contributed by atoms with Crippen molar-refractivity contribution < 1.29 is 25.3 Å². The van der Waals surface area contributed by atoms with Crippen LogP contribution in [0.1, 0.15) is 32.8 Å². The van der Waals surface area contributed by atoms with Crippen LogP contribution in [0.25, 0.3) is 16.7 Å². The van der Waals surface area contributed by atoms with Crippen LogP contribution in [0.5, 0.6) is 0 Å². The molecule has 0 saturated heterocycles. The zero-order valence-electron chi connectivity index (χ0n) is 26.4. The average Bonchev–Trinajstić information content (AvgIpc) is 3.49. The minimum absolute atomic E-state index is 0.0134. The van der Waals surface area contributed by atoms with Gasteiger partial charge in [-0.05, 0) is 37.0 Å². The van der Waals surface area contributed by atoms with Gasteiger partial charge in [0.2, 0.25) is 17.7 Å². The van der Waals surface area contributed by atoms with Crippen molar-refractivity contribution in [1.29, 1.82) is 0 Å². The summed E-state index contributed by atoms with van der Waals surface area (Å²) in [5.74, 6) is -2.82. The van der Waals surface area contributed by atoms with Crippen LogP contribution >= 0.6 is 0 Å². The molecule has 2 aromatic carbocycles. The van der Waals surface area contributed by atoms with Gasteiger partial charge in [-0.25, -0.2) is 9.67 Å². The summed E-state index contributed by atoms with van der Waals surface area (Å²) in [6, 6.07) is 15.6. The van der Waals surface area contributed by atoms with Gasteiger partial charge in [0.1, 0.15) is 36.9 Å². The number of rotatable bonds is 14. The van der Waals surface area contributed by atoms with E-state index in [0.29, 0.717) is 22.2 Å². The largest absolute Gasteiger partial charge is 0.465 e. The third-order valence-electron chi connectivity index (χ3n) is 6.79. The number of ether oxygens (including phenoxy) is 1. The first-order valence-electron chi connectivity index (χ1n) is 15.1. The number of nitrogens with one attached hydrogen (secondary N) is 3. The Bertz CT molecular complexity index is 1730. The van der Waals surface area contributed by atoms with Gasteiger partial charge in [0.25, 0.3) is 5.56 Å². The van der Waals surface area contributed by atoms with Crippen LogP contribution in [0.3, 0.4) is 0 Å². The lowest BCUT2D eigenvalue weighted by Gasteiger charge is -2.24. The van der Waals surface area contributed by atoms with Crippen LogP contribution in [0.4, 0.5) is 0 Å². The molecule has 0 radical (unpaired) electrons. The molecule has 4 rings (SSSR count). The van der Waals surface area contributed by atoms with Gasteiger partial charge in [0.05, 0.1) is 18.5 Å². The number of hydrogen-bond donors (Lipinski definition) is 3. The van der Waals surface area contributed by atoms with Gasteiger partial charge in [-0.1, -0.05) is 62.4 Å². The number of nitrogens with zero attached hydrogens (tertiary/aromatic N) is 4. The maximum absolute atomic E-state index is 13.7. The molecule has 13 nitrogen and oxygen atoms in total. The Hall–Kier alpha value is -5.33. The molecule has 0 aliphatic heterocycles. The summed E-state index contributed by atoms with van der Waals surface area (Å²) in [4.78, 5) is 69.5. The Labute approximate surface area is 261 Å². The zero-order valence-corrected chi connectivity index (χ0v) is 25.4. The molecule has 0 fully saturated rings. The predicted octanol–water partition coefficient (Wildman–Crippen LogP) is 1.52. The standard InChI is InChI=1S/C32H37N7O6/c1-4-45-28(41)18-33-30(42)25(15-21(2)3)37-31(43)26(16-22-11-7-5-8-12-22)36-27(40)19-38-20-34-29-24(32(38)44)17-35-39(29)23-13-9-6-10-14-23/h5-14,17,20-21,25-26H,4,15-16,18-19H2,1-3H3,(H,33,42)(H,36,40)(H,37,43)/t25-,26-/m0/s1/i/hD. The molecule has 13 heteroatoms. The second-order valence-electron chi connectivity index (χ2n) is 10.7. The first-order chi connectivity index (χ1) is 22.1. The second kappa shape index (κ2) is 15.4. The maximum Gasteiger partial charge on any atom is 0.325 e. The molecule has 2 aromatic heterocycles. The summed E-state index contributed by atoms with van der Waals surface area (Å²) in [6.45, 7) is 4.61. The summed E-state index contributed by atoms with van der Waals surface area (Å²) in [5.41, 5.74) is 1.15. The summed E-state index contributed by atoms with van der Waals surface area (Å²) >= 11 is 0. The van der Waals surface area contributed by atoms with Gasteiger partial charge in [-0.3, -0.25) is 28.5 Å². The van der Waals surface area contributed by atoms with Crippen LogP contribution in [-0.2, 0) is 36.9 Å². The molecular weight excluding hydrogens is 578 g/mol.